The van der Waals surface area contributed by atoms with Crippen LogP contribution in [0.2, 0.25) is 0 Å². The number of anilines is 1. The molecule has 0 bridgehead atoms. The van der Waals surface area contributed by atoms with Gasteiger partial charge in [-0.25, -0.2) is 8.42 Å². The number of hydrogen-bond donors (Lipinski definition) is 2. The van der Waals surface area contributed by atoms with E-state index in [2.05, 4.69) is 4.72 Å². The molecular formula is C21H23NO7S. The molecular weight excluding hydrogens is 410 g/mol. The van der Waals surface area contributed by atoms with Crippen molar-refractivity contribution in [2.24, 2.45) is 0 Å². The Hall–Kier alpha value is -2.62. The Morgan fingerprint density at radius 3 is 2.70 bits per heavy atom. The summed E-state index contributed by atoms with van der Waals surface area (Å²) in [5.41, 5.74) is 1.24. The zero-order chi connectivity index (χ0) is 21.3. The third-order valence-electron chi connectivity index (χ3n) is 5.43. The molecule has 2 N–H and O–H groups in total. The molecule has 2 aromatic rings. The zero-order valence-corrected chi connectivity index (χ0v) is 17.2. The molecule has 0 radical (unpaired) electrons. The van der Waals surface area contributed by atoms with Gasteiger partial charge in [0.1, 0.15) is 18.0 Å². The fourth-order valence-electron chi connectivity index (χ4n) is 4.04. The highest BCUT2D eigenvalue weighted by Gasteiger charge is 2.46. The van der Waals surface area contributed by atoms with E-state index in [-0.39, 0.29) is 23.8 Å². The van der Waals surface area contributed by atoms with E-state index in [4.69, 9.17) is 14.2 Å². The van der Waals surface area contributed by atoms with Crippen molar-refractivity contribution >= 4 is 21.7 Å². The van der Waals surface area contributed by atoms with Crippen LogP contribution in [0.1, 0.15) is 24.3 Å². The number of carbonyl (C=O) groups is 1. The summed E-state index contributed by atoms with van der Waals surface area (Å²) in [4.78, 5) is 11.9. The normalized spacial score (nSPS) is 25.0. The number of sulfonamides is 1. The Bertz CT molecular complexity index is 1020. The predicted octanol–water partition coefficient (Wildman–Crippen LogP) is 2.04. The molecule has 8 nitrogen and oxygen atoms in total. The van der Waals surface area contributed by atoms with Gasteiger partial charge in [0.05, 0.1) is 31.1 Å². The van der Waals surface area contributed by atoms with Gasteiger partial charge in [-0.15, -0.1) is 0 Å². The second-order valence-corrected chi connectivity index (χ2v) is 9.04. The van der Waals surface area contributed by atoms with Crippen molar-refractivity contribution in [3.63, 3.8) is 0 Å². The second kappa shape index (κ2) is 8.25. The lowest BCUT2D eigenvalue weighted by Gasteiger charge is -2.36. The summed E-state index contributed by atoms with van der Waals surface area (Å²) in [6.07, 6.45) is -0.838. The molecule has 0 aliphatic carbocycles. The number of aliphatic hydroxyl groups is 1. The van der Waals surface area contributed by atoms with Crippen molar-refractivity contribution in [2.75, 3.05) is 18.4 Å². The van der Waals surface area contributed by atoms with Crippen LogP contribution < -0.4 is 9.46 Å². The highest BCUT2D eigenvalue weighted by molar-refractivity contribution is 7.92. The van der Waals surface area contributed by atoms with Gasteiger partial charge in [-0.05, 0) is 36.8 Å². The standard InChI is InChI=1S/C21H23NO7S/c1-27-20(24)11-14-10-17-16-9-13(22-30(25,26)15-5-3-2-4-6-15)7-8-18(16)29-21(17)19(12-23)28-14/h2-9,14,17,19,21-23H,10-12H2,1H3/t14-,17+,19-,21-/m1/s1. The molecule has 9 heteroatoms. The number of benzene rings is 2. The van der Waals surface area contributed by atoms with E-state index < -0.39 is 34.3 Å². The third-order valence-corrected chi connectivity index (χ3v) is 6.82. The third kappa shape index (κ3) is 4.00. The molecule has 1 saturated heterocycles. The first-order valence-electron chi connectivity index (χ1n) is 9.63. The Balaban J connectivity index is 1.59. The van der Waals surface area contributed by atoms with Crippen LogP contribution in [0.25, 0.3) is 0 Å². The quantitative estimate of drug-likeness (QED) is 0.671. The number of methoxy groups -OCH3 is 1. The predicted molar refractivity (Wildman–Crippen MR) is 108 cm³/mol. The van der Waals surface area contributed by atoms with Gasteiger partial charge in [0.2, 0.25) is 0 Å². The average Bonchev–Trinajstić information content (AvgIpc) is 3.11. The van der Waals surface area contributed by atoms with Crippen LogP contribution in [0.5, 0.6) is 5.75 Å². The number of esters is 1. The first-order chi connectivity index (χ1) is 14.4. The first-order valence-corrected chi connectivity index (χ1v) is 11.1. The molecule has 4 atom stereocenters. The summed E-state index contributed by atoms with van der Waals surface area (Å²) in [5, 5.41) is 9.75. The van der Waals surface area contributed by atoms with Crippen molar-refractivity contribution in [1.29, 1.82) is 0 Å². The topological polar surface area (TPSA) is 111 Å². The molecule has 0 saturated carbocycles. The summed E-state index contributed by atoms with van der Waals surface area (Å²) in [6.45, 7) is -0.250. The van der Waals surface area contributed by atoms with E-state index in [0.717, 1.165) is 5.56 Å². The van der Waals surface area contributed by atoms with E-state index in [9.17, 15) is 18.3 Å². The molecule has 1 fully saturated rings. The Kier molecular flexibility index (Phi) is 5.68. The number of rotatable bonds is 6. The minimum atomic E-state index is -3.72. The fraction of sp³-hybridized carbons (Fsp3) is 0.381. The largest absolute Gasteiger partial charge is 0.487 e. The van der Waals surface area contributed by atoms with Crippen molar-refractivity contribution in [3.8, 4) is 5.75 Å². The van der Waals surface area contributed by atoms with Gasteiger partial charge in [-0.2, -0.15) is 0 Å². The second-order valence-electron chi connectivity index (χ2n) is 7.36. The average molecular weight is 433 g/mol. The first kappa shape index (κ1) is 20.6. The van der Waals surface area contributed by atoms with Gasteiger partial charge in [0.15, 0.2) is 0 Å². The Morgan fingerprint density at radius 1 is 1.23 bits per heavy atom. The van der Waals surface area contributed by atoms with Crippen molar-refractivity contribution in [3.05, 3.63) is 54.1 Å². The molecule has 2 aliphatic rings. The summed E-state index contributed by atoms with van der Waals surface area (Å²) in [5.74, 6) is 0.0915. The molecule has 30 heavy (non-hydrogen) atoms. The lowest BCUT2D eigenvalue weighted by atomic mass is 9.84. The van der Waals surface area contributed by atoms with Crippen LogP contribution in [0, 0.1) is 0 Å². The minimum absolute atomic E-state index is 0.0753. The van der Waals surface area contributed by atoms with E-state index in [1.54, 1.807) is 36.4 Å². The molecule has 0 unspecified atom stereocenters. The van der Waals surface area contributed by atoms with Crippen molar-refractivity contribution < 1.29 is 32.5 Å². The van der Waals surface area contributed by atoms with Crippen LogP contribution in [0.4, 0.5) is 5.69 Å². The summed E-state index contributed by atoms with van der Waals surface area (Å²) < 4.78 is 44.4. The number of aliphatic hydroxyl groups excluding tert-OH is 1. The van der Waals surface area contributed by atoms with E-state index in [1.165, 1.54) is 19.2 Å². The number of ether oxygens (including phenoxy) is 3. The highest BCUT2D eigenvalue weighted by Crippen LogP contribution is 2.47. The molecule has 2 aliphatic heterocycles. The fourth-order valence-corrected chi connectivity index (χ4v) is 5.11. The van der Waals surface area contributed by atoms with E-state index in [1.807, 2.05) is 0 Å². The van der Waals surface area contributed by atoms with Gasteiger partial charge < -0.3 is 19.3 Å². The van der Waals surface area contributed by atoms with Crippen molar-refractivity contribution in [2.45, 2.75) is 42.0 Å². The van der Waals surface area contributed by atoms with Gasteiger partial charge in [0.25, 0.3) is 10.0 Å². The molecule has 2 aromatic carbocycles. The maximum atomic E-state index is 12.6. The smallest absolute Gasteiger partial charge is 0.308 e. The Morgan fingerprint density at radius 2 is 2.00 bits per heavy atom. The summed E-state index contributed by atoms with van der Waals surface area (Å²) in [7, 11) is -2.41. The molecule has 160 valence electrons. The molecule has 0 aromatic heterocycles. The number of hydrogen-bond acceptors (Lipinski definition) is 7. The van der Waals surface area contributed by atoms with Gasteiger partial charge in [0, 0.05) is 17.2 Å². The monoisotopic (exact) mass is 433 g/mol. The van der Waals surface area contributed by atoms with Crippen molar-refractivity contribution in [1.82, 2.24) is 0 Å². The number of nitrogens with one attached hydrogen (secondary N) is 1. The molecule has 0 amide bonds. The SMILES string of the molecule is COC(=O)C[C@H]1C[C@H]2c3cc(NS(=O)(=O)c4ccccc4)ccc3O[C@H]2[C@@H](CO)O1. The van der Waals surface area contributed by atoms with Gasteiger partial charge >= 0.3 is 5.97 Å². The van der Waals surface area contributed by atoms with Crippen LogP contribution in [0.3, 0.4) is 0 Å². The van der Waals surface area contributed by atoms with E-state index in [0.29, 0.717) is 17.9 Å². The number of fused-ring (bicyclic) bond motifs is 3. The lowest BCUT2D eigenvalue weighted by Crippen LogP contribution is -2.46. The molecule has 4 rings (SSSR count). The summed E-state index contributed by atoms with van der Waals surface area (Å²) in [6, 6.07) is 13.2. The maximum Gasteiger partial charge on any atom is 0.308 e. The maximum absolute atomic E-state index is 12.6. The van der Waals surface area contributed by atoms with Gasteiger partial charge in [-0.1, -0.05) is 18.2 Å². The Labute approximate surface area is 174 Å². The van der Waals surface area contributed by atoms with Crippen LogP contribution in [0.15, 0.2) is 53.4 Å². The van der Waals surface area contributed by atoms with Crippen LogP contribution in [-0.4, -0.2) is 51.5 Å². The molecule has 2 heterocycles. The minimum Gasteiger partial charge on any atom is -0.487 e. The zero-order valence-electron chi connectivity index (χ0n) is 16.4. The summed E-state index contributed by atoms with van der Waals surface area (Å²) >= 11 is 0. The molecule has 0 spiro atoms. The van der Waals surface area contributed by atoms with Crippen LogP contribution in [-0.2, 0) is 24.3 Å². The van der Waals surface area contributed by atoms with Crippen LogP contribution >= 0.6 is 0 Å². The highest BCUT2D eigenvalue weighted by atomic mass is 32.2. The van der Waals surface area contributed by atoms with Gasteiger partial charge in [-0.3, -0.25) is 9.52 Å². The lowest BCUT2D eigenvalue weighted by molar-refractivity contribution is -0.156. The number of carbonyl (C=O) groups excluding carboxylic acids is 1. The van der Waals surface area contributed by atoms with E-state index >= 15 is 0 Å².